The molecule has 1 heterocycles. The van der Waals surface area contributed by atoms with Gasteiger partial charge in [0.15, 0.2) is 0 Å². The average molecular weight is 492 g/mol. The highest BCUT2D eigenvalue weighted by atomic mass is 19.4. The second kappa shape index (κ2) is 10.8. The van der Waals surface area contributed by atoms with E-state index in [-0.39, 0.29) is 35.6 Å². The fraction of sp³-hybridized carbons (Fsp3) is 0.607. The summed E-state index contributed by atoms with van der Waals surface area (Å²) in [6.07, 6.45) is 1.98. The van der Waals surface area contributed by atoms with Gasteiger partial charge in [-0.05, 0) is 92.3 Å². The topological polar surface area (TPSA) is 49.8 Å². The van der Waals surface area contributed by atoms with Crippen molar-refractivity contribution < 1.29 is 27.8 Å². The highest BCUT2D eigenvalue weighted by molar-refractivity contribution is 5.89. The summed E-state index contributed by atoms with van der Waals surface area (Å²) in [5.74, 6) is -0.106. The van der Waals surface area contributed by atoms with Crippen molar-refractivity contribution in [1.82, 2.24) is 4.90 Å². The number of piperidine rings is 1. The molecule has 2 aromatic carbocycles. The van der Waals surface area contributed by atoms with Crippen LogP contribution >= 0.6 is 0 Å². The first kappa shape index (κ1) is 25.8. The predicted molar refractivity (Wildman–Crippen MR) is 131 cm³/mol. The van der Waals surface area contributed by atoms with E-state index in [4.69, 9.17) is 9.84 Å². The van der Waals surface area contributed by atoms with Crippen LogP contribution in [0.15, 0.2) is 30.3 Å². The van der Waals surface area contributed by atoms with E-state index >= 15 is 0 Å². The molecule has 1 unspecified atom stereocenters. The van der Waals surface area contributed by atoms with Gasteiger partial charge in [-0.2, -0.15) is 13.2 Å². The minimum absolute atomic E-state index is 0.00462. The van der Waals surface area contributed by atoms with Crippen molar-refractivity contribution in [2.45, 2.75) is 83.5 Å². The number of halogens is 3. The third kappa shape index (κ3) is 6.11. The summed E-state index contributed by atoms with van der Waals surface area (Å²) in [6, 6.07) is 8.40. The maximum absolute atomic E-state index is 14.2. The Balaban J connectivity index is 1.57. The molecule has 1 aliphatic carbocycles. The van der Waals surface area contributed by atoms with Crippen LogP contribution in [-0.2, 0) is 11.0 Å². The number of carboxylic acids is 1. The van der Waals surface area contributed by atoms with Gasteiger partial charge in [0.2, 0.25) is 0 Å². The SMILES string of the molecule is CCC1CCC(Oc2ccc3cc(C(C)N4CCC[C@H](CC(=O)O)C4)ccc3c2C(F)(F)F)CC1. The number of carbonyl (C=O) groups is 1. The fourth-order valence-electron chi connectivity index (χ4n) is 5.89. The Kier molecular flexibility index (Phi) is 7.94. The van der Waals surface area contributed by atoms with E-state index in [0.29, 0.717) is 17.8 Å². The number of alkyl halides is 3. The lowest BCUT2D eigenvalue weighted by Crippen LogP contribution is -2.37. The molecule has 2 fully saturated rings. The molecular weight excluding hydrogens is 455 g/mol. The Labute approximate surface area is 205 Å². The number of likely N-dealkylation sites (tertiary alicyclic amines) is 1. The zero-order valence-electron chi connectivity index (χ0n) is 20.6. The highest BCUT2D eigenvalue weighted by Gasteiger charge is 2.37. The minimum atomic E-state index is -4.51. The summed E-state index contributed by atoms with van der Waals surface area (Å²) in [6.45, 7) is 5.74. The molecule has 0 amide bonds. The lowest BCUT2D eigenvalue weighted by atomic mass is 9.86. The second-order valence-corrected chi connectivity index (χ2v) is 10.4. The summed E-state index contributed by atoms with van der Waals surface area (Å²) in [4.78, 5) is 13.4. The monoisotopic (exact) mass is 491 g/mol. The first-order valence-corrected chi connectivity index (χ1v) is 12.9. The normalized spacial score (nSPS) is 24.9. The average Bonchev–Trinajstić information content (AvgIpc) is 2.82. The molecule has 4 nitrogen and oxygen atoms in total. The van der Waals surface area contributed by atoms with Crippen molar-refractivity contribution in [3.05, 3.63) is 41.5 Å². The quantitative estimate of drug-likeness (QED) is 0.437. The van der Waals surface area contributed by atoms with Gasteiger partial charge in [0.1, 0.15) is 11.3 Å². The van der Waals surface area contributed by atoms with Crippen LogP contribution in [0.2, 0.25) is 0 Å². The van der Waals surface area contributed by atoms with Gasteiger partial charge in [-0.1, -0.05) is 31.5 Å². The van der Waals surface area contributed by atoms with Crippen molar-refractivity contribution in [1.29, 1.82) is 0 Å². The van der Waals surface area contributed by atoms with Crippen molar-refractivity contribution in [3.63, 3.8) is 0 Å². The molecule has 0 aromatic heterocycles. The molecular formula is C28H36F3NO3. The molecule has 2 atom stereocenters. The van der Waals surface area contributed by atoms with Crippen LogP contribution in [0.1, 0.15) is 82.4 Å². The van der Waals surface area contributed by atoms with Crippen LogP contribution in [0, 0.1) is 11.8 Å². The lowest BCUT2D eigenvalue weighted by molar-refractivity contribution is -0.139. The smallest absolute Gasteiger partial charge is 0.420 e. The Morgan fingerprint density at radius 3 is 2.51 bits per heavy atom. The van der Waals surface area contributed by atoms with Gasteiger partial charge >= 0.3 is 12.1 Å². The number of carboxylic acid groups (broad SMARTS) is 1. The zero-order chi connectivity index (χ0) is 25.2. The number of nitrogens with zero attached hydrogens (tertiary/aromatic N) is 1. The molecule has 1 aliphatic heterocycles. The van der Waals surface area contributed by atoms with Crippen LogP contribution in [0.5, 0.6) is 5.75 Å². The number of ether oxygens (including phenoxy) is 1. The van der Waals surface area contributed by atoms with E-state index in [0.717, 1.165) is 57.1 Å². The summed E-state index contributed by atoms with van der Waals surface area (Å²) in [5, 5.41) is 9.85. The Hall–Kier alpha value is -2.28. The van der Waals surface area contributed by atoms with Gasteiger partial charge in [0, 0.05) is 19.0 Å². The standard InChI is InChI=1S/C28H36F3NO3/c1-3-19-6-10-23(11-7-19)35-25-13-9-22-16-21(8-12-24(22)27(25)28(29,30)31)18(2)32-14-4-5-20(17-32)15-26(33)34/h8-9,12-13,16,18-20,23H,3-7,10-11,14-15,17H2,1-2H3,(H,33,34)/t18?,19?,20-,23?/m1/s1. The van der Waals surface area contributed by atoms with E-state index in [1.807, 2.05) is 13.0 Å². The fourth-order valence-corrected chi connectivity index (χ4v) is 5.89. The van der Waals surface area contributed by atoms with Gasteiger partial charge in [0.25, 0.3) is 0 Å². The number of benzene rings is 2. The van der Waals surface area contributed by atoms with Gasteiger partial charge in [0.05, 0.1) is 6.10 Å². The maximum Gasteiger partial charge on any atom is 0.420 e. The third-order valence-corrected chi connectivity index (χ3v) is 8.00. The van der Waals surface area contributed by atoms with Gasteiger partial charge in [-0.15, -0.1) is 0 Å². The molecule has 4 rings (SSSR count). The molecule has 0 radical (unpaired) electrons. The van der Waals surface area contributed by atoms with Gasteiger partial charge in [-0.25, -0.2) is 0 Å². The molecule has 0 spiro atoms. The van der Waals surface area contributed by atoms with Crippen LogP contribution < -0.4 is 4.74 Å². The first-order valence-electron chi connectivity index (χ1n) is 12.9. The van der Waals surface area contributed by atoms with E-state index in [1.165, 1.54) is 6.07 Å². The molecule has 0 bridgehead atoms. The van der Waals surface area contributed by atoms with Gasteiger partial charge < -0.3 is 9.84 Å². The second-order valence-electron chi connectivity index (χ2n) is 10.4. The number of fused-ring (bicyclic) bond motifs is 1. The van der Waals surface area contributed by atoms with Crippen LogP contribution in [0.3, 0.4) is 0 Å². The van der Waals surface area contributed by atoms with Crippen LogP contribution in [0.4, 0.5) is 13.2 Å². The van der Waals surface area contributed by atoms with E-state index in [1.54, 1.807) is 18.2 Å². The summed E-state index contributed by atoms with van der Waals surface area (Å²) in [7, 11) is 0. The molecule has 2 aliphatic rings. The molecule has 2 aromatic rings. The highest BCUT2D eigenvalue weighted by Crippen LogP contribution is 2.43. The molecule has 1 saturated carbocycles. The molecule has 35 heavy (non-hydrogen) atoms. The Morgan fingerprint density at radius 1 is 1.11 bits per heavy atom. The van der Waals surface area contributed by atoms with Crippen LogP contribution in [0.25, 0.3) is 10.8 Å². The van der Waals surface area contributed by atoms with Crippen molar-refractivity contribution in [3.8, 4) is 5.75 Å². The lowest BCUT2D eigenvalue weighted by Gasteiger charge is -2.36. The Morgan fingerprint density at radius 2 is 1.86 bits per heavy atom. The third-order valence-electron chi connectivity index (χ3n) is 8.00. The summed E-state index contributed by atoms with van der Waals surface area (Å²) in [5.41, 5.74) is 0.250. The summed E-state index contributed by atoms with van der Waals surface area (Å²) >= 11 is 0. The van der Waals surface area contributed by atoms with E-state index < -0.39 is 17.7 Å². The van der Waals surface area contributed by atoms with Crippen molar-refractivity contribution in [2.24, 2.45) is 11.8 Å². The number of hydrogen-bond donors (Lipinski definition) is 1. The molecule has 7 heteroatoms. The maximum atomic E-state index is 14.2. The number of rotatable bonds is 7. The van der Waals surface area contributed by atoms with Gasteiger partial charge in [-0.3, -0.25) is 9.69 Å². The molecule has 1 N–H and O–H groups in total. The predicted octanol–water partition coefficient (Wildman–Crippen LogP) is 7.45. The van der Waals surface area contributed by atoms with Crippen molar-refractivity contribution >= 4 is 16.7 Å². The van der Waals surface area contributed by atoms with E-state index in [2.05, 4.69) is 11.8 Å². The largest absolute Gasteiger partial charge is 0.490 e. The number of aliphatic carboxylic acids is 1. The minimum Gasteiger partial charge on any atom is -0.490 e. The summed E-state index contributed by atoms with van der Waals surface area (Å²) < 4.78 is 48.6. The van der Waals surface area contributed by atoms with E-state index in [9.17, 15) is 18.0 Å². The van der Waals surface area contributed by atoms with Crippen molar-refractivity contribution in [2.75, 3.05) is 13.1 Å². The van der Waals surface area contributed by atoms with Crippen LogP contribution in [-0.4, -0.2) is 35.2 Å². The molecule has 192 valence electrons. The zero-order valence-corrected chi connectivity index (χ0v) is 20.6. The first-order chi connectivity index (χ1) is 16.7. The number of hydrogen-bond acceptors (Lipinski definition) is 3. The molecule has 1 saturated heterocycles. The Bertz CT molecular complexity index is 1030.